The van der Waals surface area contributed by atoms with Gasteiger partial charge >= 0.3 is 12.3 Å². The van der Waals surface area contributed by atoms with E-state index >= 15 is 4.79 Å². The normalized spacial score (nSPS) is 28.4. The van der Waals surface area contributed by atoms with Crippen LogP contribution in [0.25, 0.3) is 10.8 Å². The summed E-state index contributed by atoms with van der Waals surface area (Å²) in [6.07, 6.45) is -2.65. The molecule has 0 unspecified atom stereocenters. The first kappa shape index (κ1) is 42.9. The summed E-state index contributed by atoms with van der Waals surface area (Å²) < 4.78 is 84.2. The SMILES string of the molecule is CCOc1nnc(O[C@@H]2C[C@H]3C(=O)N[C@]4(C(=O)NS(=O)(=O)C5CC5)C[C@H]4C=CCC[C@@H](C)C[C@@H](CC)[C@H](N(C(=O)O)C(C)(C)C(F)(F)F)C(=O)N3C2)c2ccccc12. The highest BCUT2D eigenvalue weighted by molar-refractivity contribution is 7.91. The molecule has 1 aromatic carbocycles. The van der Waals surface area contributed by atoms with Gasteiger partial charge in [-0.15, -0.1) is 10.2 Å². The van der Waals surface area contributed by atoms with Crippen LogP contribution in [0.5, 0.6) is 11.8 Å². The fourth-order valence-corrected chi connectivity index (χ4v) is 9.58. The van der Waals surface area contributed by atoms with E-state index in [1.807, 2.05) is 13.0 Å². The first-order valence-electron chi connectivity index (χ1n) is 19.7. The zero-order valence-electron chi connectivity index (χ0n) is 33.1. The second-order valence-corrected chi connectivity index (χ2v) is 18.3. The van der Waals surface area contributed by atoms with E-state index in [4.69, 9.17) is 9.47 Å². The van der Waals surface area contributed by atoms with Gasteiger partial charge < -0.3 is 24.8 Å². The Morgan fingerprint density at radius 3 is 2.33 bits per heavy atom. The fourth-order valence-electron chi connectivity index (χ4n) is 8.21. The van der Waals surface area contributed by atoms with Crippen molar-refractivity contribution >= 4 is 44.6 Å². The summed E-state index contributed by atoms with van der Waals surface area (Å²) in [6.45, 7) is 6.64. The molecule has 19 heteroatoms. The monoisotopic (exact) mass is 836 g/mol. The number of alkyl halides is 3. The number of carboxylic acid groups (broad SMARTS) is 1. The van der Waals surface area contributed by atoms with Crippen molar-refractivity contribution in [2.24, 2.45) is 17.8 Å². The zero-order chi connectivity index (χ0) is 42.4. The molecule has 3 heterocycles. The number of benzene rings is 1. The van der Waals surface area contributed by atoms with E-state index in [9.17, 15) is 41.1 Å². The summed E-state index contributed by atoms with van der Waals surface area (Å²) in [5, 5.41) is 21.9. The molecular weight excluding hydrogens is 786 g/mol. The third-order valence-corrected chi connectivity index (χ3v) is 13.7. The molecule has 3 N–H and O–H groups in total. The van der Waals surface area contributed by atoms with Gasteiger partial charge in [0.1, 0.15) is 29.3 Å². The Bertz CT molecular complexity index is 2060. The molecule has 1 aromatic heterocycles. The van der Waals surface area contributed by atoms with Crippen molar-refractivity contribution < 1.29 is 55.3 Å². The molecule has 2 saturated carbocycles. The van der Waals surface area contributed by atoms with E-state index in [0.717, 1.165) is 4.90 Å². The molecule has 4 aliphatic rings. The van der Waals surface area contributed by atoms with Crippen molar-refractivity contribution in [3.8, 4) is 11.8 Å². The average molecular weight is 837 g/mol. The van der Waals surface area contributed by atoms with Crippen LogP contribution >= 0.6 is 0 Å². The fraction of sp³-hybridized carbons (Fsp3) is 0.641. The molecule has 6 rings (SSSR count). The van der Waals surface area contributed by atoms with E-state index in [0.29, 0.717) is 56.9 Å². The lowest BCUT2D eigenvalue weighted by Crippen LogP contribution is -2.66. The molecule has 3 fully saturated rings. The van der Waals surface area contributed by atoms with Crippen LogP contribution in [-0.4, -0.2) is 111 Å². The van der Waals surface area contributed by atoms with Gasteiger partial charge in [0, 0.05) is 12.3 Å². The molecule has 15 nitrogen and oxygen atoms in total. The maximum absolute atomic E-state index is 15.1. The highest BCUT2D eigenvalue weighted by Crippen LogP contribution is 2.47. The van der Waals surface area contributed by atoms with Crippen molar-refractivity contribution in [2.45, 2.75) is 127 Å². The molecule has 0 radical (unpaired) electrons. The van der Waals surface area contributed by atoms with Crippen molar-refractivity contribution in [2.75, 3.05) is 13.2 Å². The second-order valence-electron chi connectivity index (χ2n) is 16.4. The van der Waals surface area contributed by atoms with Gasteiger partial charge in [0.2, 0.25) is 33.6 Å². The number of ether oxygens (including phenoxy) is 2. The van der Waals surface area contributed by atoms with Crippen molar-refractivity contribution in [3.05, 3.63) is 36.4 Å². The van der Waals surface area contributed by atoms with Gasteiger partial charge in [-0.25, -0.2) is 13.2 Å². The maximum atomic E-state index is 15.1. The van der Waals surface area contributed by atoms with E-state index in [2.05, 4.69) is 20.2 Å². The standard InChI is InChI=1S/C39H51F3N6O9S/c1-6-23-18-22(3)12-8-9-13-24-20-38(24,35(51)46-58(54,55)26-16-17-26)43-31(49)29-19-25(57-33-28-15-11-10-14-27(28)32(44-45-33)56-7-2)21-47(29)34(50)30(23)48(36(52)53)37(4,5)39(40,41)42/h9-11,13-15,22-26,29-30H,6-8,12,16-21H2,1-5H3,(H,43,49)(H,46,51)(H,52,53)/t22-,23-,24-,25-,29+,30+,38-/m1/s1. The number of carbonyl (C=O) groups excluding carboxylic acids is 3. The highest BCUT2D eigenvalue weighted by atomic mass is 32.2. The number of sulfonamides is 1. The first-order chi connectivity index (χ1) is 27.3. The van der Waals surface area contributed by atoms with Crippen LogP contribution in [-0.2, 0) is 24.4 Å². The first-order valence-corrected chi connectivity index (χ1v) is 21.3. The molecule has 2 aliphatic heterocycles. The Labute approximate surface area is 335 Å². The minimum absolute atomic E-state index is 0.0235. The largest absolute Gasteiger partial charge is 0.476 e. The van der Waals surface area contributed by atoms with Gasteiger partial charge in [-0.3, -0.25) is 24.0 Å². The third kappa shape index (κ3) is 8.41. The molecule has 1 saturated heterocycles. The Hall–Kier alpha value is -4.68. The number of amides is 4. The summed E-state index contributed by atoms with van der Waals surface area (Å²) in [6, 6.07) is 3.56. The van der Waals surface area contributed by atoms with Crippen LogP contribution in [0.3, 0.4) is 0 Å². The lowest BCUT2D eigenvalue weighted by molar-refractivity contribution is -0.222. The summed E-state index contributed by atoms with van der Waals surface area (Å²) in [4.78, 5) is 57.7. The molecule has 0 spiro atoms. The van der Waals surface area contributed by atoms with Crippen molar-refractivity contribution in [3.63, 3.8) is 0 Å². The number of halogens is 3. The third-order valence-electron chi connectivity index (χ3n) is 11.9. The lowest BCUT2D eigenvalue weighted by atomic mass is 9.82. The Morgan fingerprint density at radius 1 is 1.07 bits per heavy atom. The number of hydrogen-bond donors (Lipinski definition) is 3. The number of aromatic nitrogens is 2. The van der Waals surface area contributed by atoms with Gasteiger partial charge in [-0.05, 0) is 83.3 Å². The molecule has 58 heavy (non-hydrogen) atoms. The molecule has 2 aliphatic carbocycles. The lowest BCUT2D eigenvalue weighted by Gasteiger charge is -2.46. The summed E-state index contributed by atoms with van der Waals surface area (Å²) in [5.41, 5.74) is -4.75. The Balaban J connectivity index is 1.44. The van der Waals surface area contributed by atoms with Crippen LogP contribution in [0.1, 0.15) is 86.0 Å². The Kier molecular flexibility index (Phi) is 12.0. The van der Waals surface area contributed by atoms with Gasteiger partial charge in [0.15, 0.2) is 0 Å². The number of fused-ring (bicyclic) bond motifs is 3. The van der Waals surface area contributed by atoms with Gasteiger partial charge in [-0.1, -0.05) is 44.6 Å². The summed E-state index contributed by atoms with van der Waals surface area (Å²) in [7, 11) is -4.03. The minimum Gasteiger partial charge on any atom is -0.476 e. The van der Waals surface area contributed by atoms with Crippen molar-refractivity contribution in [1.82, 2.24) is 30.0 Å². The van der Waals surface area contributed by atoms with Crippen LogP contribution < -0.4 is 19.5 Å². The molecule has 7 atom stereocenters. The number of rotatable bonds is 10. The van der Waals surface area contributed by atoms with E-state index < -0.39 is 86.4 Å². The molecular formula is C39H51F3N6O9S. The summed E-state index contributed by atoms with van der Waals surface area (Å²) in [5.74, 6) is -4.29. The molecule has 4 amide bonds. The number of carbonyl (C=O) groups is 4. The maximum Gasteiger partial charge on any atom is 0.411 e. The minimum atomic E-state index is -5.10. The van der Waals surface area contributed by atoms with Crippen molar-refractivity contribution in [1.29, 1.82) is 0 Å². The number of nitrogens with zero attached hydrogens (tertiary/aromatic N) is 4. The highest BCUT2D eigenvalue weighted by Gasteiger charge is 2.63. The quantitative estimate of drug-likeness (QED) is 0.274. The van der Waals surface area contributed by atoms with Crippen LogP contribution in [0.4, 0.5) is 18.0 Å². The predicted molar refractivity (Wildman–Crippen MR) is 204 cm³/mol. The van der Waals surface area contributed by atoms with Crippen LogP contribution in [0, 0.1) is 17.8 Å². The van der Waals surface area contributed by atoms with Gasteiger partial charge in [0.25, 0.3) is 5.91 Å². The predicted octanol–water partition coefficient (Wildman–Crippen LogP) is 4.95. The van der Waals surface area contributed by atoms with Gasteiger partial charge in [-0.2, -0.15) is 13.2 Å². The average Bonchev–Trinajstić information content (AvgIpc) is 4.08. The van der Waals surface area contributed by atoms with Crippen LogP contribution in [0.15, 0.2) is 36.4 Å². The van der Waals surface area contributed by atoms with E-state index in [1.165, 1.54) is 0 Å². The zero-order valence-corrected chi connectivity index (χ0v) is 33.9. The van der Waals surface area contributed by atoms with E-state index in [-0.39, 0.29) is 54.8 Å². The molecule has 0 bridgehead atoms. The smallest absolute Gasteiger partial charge is 0.411 e. The number of hydrogen-bond acceptors (Lipinski definition) is 10. The summed E-state index contributed by atoms with van der Waals surface area (Å²) >= 11 is 0. The number of nitrogens with one attached hydrogen (secondary N) is 2. The Morgan fingerprint density at radius 2 is 1.72 bits per heavy atom. The number of allylic oxidation sites excluding steroid dienone is 1. The molecule has 318 valence electrons. The molecule has 2 aromatic rings. The van der Waals surface area contributed by atoms with Gasteiger partial charge in [0.05, 0.1) is 29.2 Å². The van der Waals surface area contributed by atoms with Crippen LogP contribution in [0.2, 0.25) is 0 Å². The topological polar surface area (TPSA) is 197 Å². The van der Waals surface area contributed by atoms with E-state index in [1.54, 1.807) is 44.2 Å². The second kappa shape index (κ2) is 16.2.